The third-order valence-electron chi connectivity index (χ3n) is 2.51. The molecule has 0 aliphatic heterocycles. The highest BCUT2D eigenvalue weighted by Crippen LogP contribution is 2.31. The van der Waals surface area contributed by atoms with E-state index in [2.05, 4.69) is 4.18 Å². The predicted octanol–water partition coefficient (Wildman–Crippen LogP) is 3.29. The average Bonchev–Trinajstić information content (AvgIpc) is 2.43. The van der Waals surface area contributed by atoms with E-state index in [-0.39, 0.29) is 16.5 Å². The Hall–Kier alpha value is -2.26. The first kappa shape index (κ1) is 16.1. The van der Waals surface area contributed by atoms with Crippen LogP contribution in [0, 0.1) is 21.7 Å². The van der Waals surface area contributed by atoms with Crippen molar-refractivity contribution in [1.82, 2.24) is 0 Å². The van der Waals surface area contributed by atoms with Crippen molar-refractivity contribution in [2.45, 2.75) is 4.90 Å². The van der Waals surface area contributed by atoms with Gasteiger partial charge >= 0.3 is 10.1 Å². The van der Waals surface area contributed by atoms with Gasteiger partial charge in [-0.15, -0.1) is 0 Å². The molecule has 22 heavy (non-hydrogen) atoms. The van der Waals surface area contributed by atoms with Crippen molar-refractivity contribution < 1.29 is 26.3 Å². The number of hydrogen-bond donors (Lipinski definition) is 0. The van der Waals surface area contributed by atoms with E-state index in [1.165, 1.54) is 0 Å². The monoisotopic (exact) mass is 349 g/mol. The zero-order valence-corrected chi connectivity index (χ0v) is 12.1. The predicted molar refractivity (Wildman–Crippen MR) is 72.3 cm³/mol. The molecule has 2 rings (SSSR count). The summed E-state index contributed by atoms with van der Waals surface area (Å²) in [5.41, 5.74) is -0.359. The van der Waals surface area contributed by atoms with Crippen molar-refractivity contribution in [3.8, 4) is 5.75 Å². The Labute approximate surface area is 128 Å². The summed E-state index contributed by atoms with van der Waals surface area (Å²) in [7, 11) is -4.47. The van der Waals surface area contributed by atoms with Crippen LogP contribution < -0.4 is 4.18 Å². The van der Waals surface area contributed by atoms with Crippen LogP contribution >= 0.6 is 11.6 Å². The number of nitro benzene ring substituents is 1. The summed E-state index contributed by atoms with van der Waals surface area (Å²) in [6.07, 6.45) is 0. The minimum absolute atomic E-state index is 0.319. The molecule has 2 aromatic rings. The van der Waals surface area contributed by atoms with Crippen LogP contribution in [0.2, 0.25) is 5.02 Å². The number of nitro groups is 1. The maximum atomic E-state index is 13.1. The van der Waals surface area contributed by atoms with Gasteiger partial charge in [0.1, 0.15) is 4.90 Å². The van der Waals surface area contributed by atoms with E-state index in [0.29, 0.717) is 12.1 Å². The van der Waals surface area contributed by atoms with Crippen LogP contribution in [0.5, 0.6) is 5.75 Å². The normalized spacial score (nSPS) is 11.2. The summed E-state index contributed by atoms with van der Waals surface area (Å²) in [4.78, 5) is 9.20. The molecule has 0 unspecified atom stereocenters. The van der Waals surface area contributed by atoms with E-state index in [0.717, 1.165) is 24.3 Å². The van der Waals surface area contributed by atoms with Gasteiger partial charge < -0.3 is 4.18 Å². The van der Waals surface area contributed by atoms with Gasteiger partial charge in [0.15, 0.2) is 17.4 Å². The first-order valence-corrected chi connectivity index (χ1v) is 7.33. The summed E-state index contributed by atoms with van der Waals surface area (Å²) >= 11 is 5.70. The maximum absolute atomic E-state index is 13.1. The first-order valence-electron chi connectivity index (χ1n) is 5.54. The fourth-order valence-electron chi connectivity index (χ4n) is 1.47. The third kappa shape index (κ3) is 3.31. The Kier molecular flexibility index (Phi) is 4.29. The fourth-order valence-corrected chi connectivity index (χ4v) is 2.69. The molecular formula is C12H6ClF2NO5S. The van der Waals surface area contributed by atoms with E-state index < -0.39 is 31.6 Å². The molecule has 0 aliphatic carbocycles. The fraction of sp³-hybridized carbons (Fsp3) is 0. The molecule has 10 heteroatoms. The quantitative estimate of drug-likeness (QED) is 0.480. The van der Waals surface area contributed by atoms with Crippen LogP contribution in [0.1, 0.15) is 0 Å². The molecule has 0 bridgehead atoms. The molecule has 0 aromatic heterocycles. The van der Waals surface area contributed by atoms with Crippen molar-refractivity contribution in [3.05, 3.63) is 63.2 Å². The van der Waals surface area contributed by atoms with Crippen molar-refractivity contribution >= 4 is 27.4 Å². The number of nitrogens with zero attached hydrogens (tertiary/aromatic N) is 1. The molecule has 0 N–H and O–H groups in total. The third-order valence-corrected chi connectivity index (χ3v) is 4.03. The van der Waals surface area contributed by atoms with Crippen molar-refractivity contribution in [2.24, 2.45) is 0 Å². The van der Waals surface area contributed by atoms with Gasteiger partial charge in [-0.05, 0) is 24.3 Å². The topological polar surface area (TPSA) is 86.5 Å². The molecule has 2 aromatic carbocycles. The molecule has 0 spiro atoms. The Morgan fingerprint density at radius 2 is 1.77 bits per heavy atom. The Morgan fingerprint density at radius 3 is 2.32 bits per heavy atom. The van der Waals surface area contributed by atoms with E-state index in [9.17, 15) is 27.3 Å². The lowest BCUT2D eigenvalue weighted by Crippen LogP contribution is -2.10. The van der Waals surface area contributed by atoms with Crippen LogP contribution in [-0.2, 0) is 10.1 Å². The van der Waals surface area contributed by atoms with Gasteiger partial charge in [0.05, 0.1) is 9.95 Å². The van der Waals surface area contributed by atoms with Crippen LogP contribution in [0.15, 0.2) is 41.3 Å². The average molecular weight is 350 g/mol. The maximum Gasteiger partial charge on any atom is 0.339 e. The first-order chi connectivity index (χ1) is 10.2. The molecule has 116 valence electrons. The van der Waals surface area contributed by atoms with Crippen molar-refractivity contribution in [3.63, 3.8) is 0 Å². The molecule has 0 heterocycles. The zero-order valence-electron chi connectivity index (χ0n) is 10.5. The smallest absolute Gasteiger partial charge is 0.339 e. The summed E-state index contributed by atoms with van der Waals surface area (Å²) in [6.45, 7) is 0. The highest BCUT2D eigenvalue weighted by atomic mass is 35.5. The number of rotatable bonds is 4. The molecular weight excluding hydrogens is 344 g/mol. The van der Waals surface area contributed by atoms with E-state index in [4.69, 9.17) is 11.6 Å². The lowest BCUT2D eigenvalue weighted by atomic mass is 10.3. The minimum atomic E-state index is -4.47. The van der Waals surface area contributed by atoms with Gasteiger partial charge in [0.2, 0.25) is 0 Å². The summed E-state index contributed by atoms with van der Waals surface area (Å²) in [5.74, 6) is -2.95. The second kappa shape index (κ2) is 5.85. The molecule has 0 radical (unpaired) electrons. The van der Waals surface area contributed by atoms with Gasteiger partial charge in [0.25, 0.3) is 5.69 Å². The Balaban J connectivity index is 2.36. The van der Waals surface area contributed by atoms with Crippen LogP contribution in [0.4, 0.5) is 14.5 Å². The SMILES string of the molecule is O=[N+]([O-])c1ccc(OS(=O)(=O)c2ccc(F)c(F)c2)c(Cl)c1. The summed E-state index contributed by atoms with van der Waals surface area (Å²) in [5, 5.41) is 10.2. The van der Waals surface area contributed by atoms with E-state index in [1.54, 1.807) is 0 Å². The number of hydrogen-bond acceptors (Lipinski definition) is 5. The Morgan fingerprint density at radius 1 is 1.09 bits per heavy atom. The van der Waals surface area contributed by atoms with Gasteiger partial charge in [-0.2, -0.15) is 8.42 Å². The van der Waals surface area contributed by atoms with Crippen LogP contribution in [-0.4, -0.2) is 13.3 Å². The van der Waals surface area contributed by atoms with Crippen LogP contribution in [0.25, 0.3) is 0 Å². The molecule has 0 fully saturated rings. The lowest BCUT2D eigenvalue weighted by Gasteiger charge is -2.08. The van der Waals surface area contributed by atoms with Gasteiger partial charge in [-0.3, -0.25) is 10.1 Å². The second-order valence-corrected chi connectivity index (χ2v) is 5.94. The molecule has 0 amide bonds. The van der Waals surface area contributed by atoms with Crippen molar-refractivity contribution in [2.75, 3.05) is 0 Å². The van der Waals surface area contributed by atoms with Crippen LogP contribution in [0.3, 0.4) is 0 Å². The molecule has 0 saturated carbocycles. The molecule has 0 atom stereocenters. The van der Waals surface area contributed by atoms with Gasteiger partial charge in [0, 0.05) is 12.1 Å². The summed E-state index contributed by atoms with van der Waals surface area (Å²) < 4.78 is 54.4. The molecule has 6 nitrogen and oxygen atoms in total. The van der Waals surface area contributed by atoms with E-state index in [1.807, 2.05) is 0 Å². The lowest BCUT2D eigenvalue weighted by molar-refractivity contribution is -0.384. The largest absolute Gasteiger partial charge is 0.377 e. The number of benzene rings is 2. The van der Waals surface area contributed by atoms with Gasteiger partial charge in [-0.1, -0.05) is 11.6 Å². The van der Waals surface area contributed by atoms with Crippen molar-refractivity contribution in [1.29, 1.82) is 0 Å². The second-order valence-electron chi connectivity index (χ2n) is 3.99. The highest BCUT2D eigenvalue weighted by molar-refractivity contribution is 7.87. The standard InChI is InChI=1S/C12H6ClF2NO5S/c13-9-5-7(16(17)18)1-4-12(9)21-22(19,20)8-2-3-10(14)11(15)6-8/h1-6H. The van der Waals surface area contributed by atoms with Gasteiger partial charge in [-0.25, -0.2) is 8.78 Å². The van der Waals surface area contributed by atoms with E-state index >= 15 is 0 Å². The zero-order chi connectivity index (χ0) is 16.5. The number of non-ortho nitro benzene ring substituents is 1. The minimum Gasteiger partial charge on any atom is -0.377 e. The number of halogens is 3. The molecule has 0 saturated heterocycles. The molecule has 0 aliphatic rings. The highest BCUT2D eigenvalue weighted by Gasteiger charge is 2.21. The Bertz CT molecular complexity index is 857. The summed E-state index contributed by atoms with van der Waals surface area (Å²) in [6, 6.07) is 4.76.